The highest BCUT2D eigenvalue weighted by Gasteiger charge is 2.38. The third kappa shape index (κ3) is 5.48. The van der Waals surface area contributed by atoms with Gasteiger partial charge < -0.3 is 24.2 Å². The van der Waals surface area contributed by atoms with Gasteiger partial charge >= 0.3 is 6.09 Å². The molecule has 1 aliphatic rings. The molecule has 32 heavy (non-hydrogen) atoms. The first kappa shape index (κ1) is 25.0. The minimum atomic E-state index is -1.11. The Hall–Kier alpha value is -1.58. The van der Waals surface area contributed by atoms with E-state index in [2.05, 4.69) is 78.9 Å². The zero-order valence-corrected chi connectivity index (χ0v) is 23.0. The lowest BCUT2D eigenvalue weighted by molar-refractivity contribution is 0.0747. The van der Waals surface area contributed by atoms with E-state index in [0.717, 1.165) is 39.4 Å². The van der Waals surface area contributed by atoms with E-state index < -0.39 is 14.2 Å². The Morgan fingerprint density at radius 1 is 1.31 bits per heavy atom. The number of aryl methyl sites for hydroxylation is 1. The molecule has 1 saturated heterocycles. The fourth-order valence-corrected chi connectivity index (χ4v) is 5.79. The number of fused-ring (bicyclic) bond motifs is 1. The second-order valence-corrected chi connectivity index (χ2v) is 17.5. The number of piperazine rings is 1. The smallest absolute Gasteiger partial charge is 0.407 e. The highest BCUT2D eigenvalue weighted by Crippen LogP contribution is 2.35. The topological polar surface area (TPSA) is 70.8 Å². The van der Waals surface area contributed by atoms with Crippen LogP contribution in [0.3, 0.4) is 0 Å². The maximum Gasteiger partial charge on any atom is 0.407 e. The Labute approximate surface area is 200 Å². The molecule has 1 fully saturated rings. The Morgan fingerprint density at radius 2 is 2.00 bits per heavy atom. The van der Waals surface area contributed by atoms with Crippen LogP contribution in [0.25, 0.3) is 10.9 Å². The van der Waals surface area contributed by atoms with Crippen molar-refractivity contribution in [3.8, 4) is 0 Å². The van der Waals surface area contributed by atoms with E-state index in [1.807, 2.05) is 6.20 Å². The fourth-order valence-electron chi connectivity index (χ4n) is 4.29. The number of carboxylic acid groups (broad SMARTS) is 1. The van der Waals surface area contributed by atoms with Crippen LogP contribution in [0.1, 0.15) is 26.3 Å². The van der Waals surface area contributed by atoms with Crippen molar-refractivity contribution >= 4 is 46.8 Å². The van der Waals surface area contributed by atoms with Crippen molar-refractivity contribution in [1.29, 1.82) is 0 Å². The zero-order valence-electron chi connectivity index (χ0n) is 20.4. The molecule has 9 heteroatoms. The molecule has 1 amide bonds. The summed E-state index contributed by atoms with van der Waals surface area (Å²) in [5.74, 6) is 0.926. The standard InChI is InChI=1S/C23H37BrN4O3Si/c1-16-20-17(24)13-27(15-31-10-11-32(5,6)7)18(20)12-25-21(16)26-8-9-28(22(29)30)19(14-26)23(2,3)4/h12-13,19H,8-11,14-15H2,1-7H3,(H,29,30). The number of hydrogen-bond acceptors (Lipinski definition) is 4. The summed E-state index contributed by atoms with van der Waals surface area (Å²) in [5.41, 5.74) is 1.99. The van der Waals surface area contributed by atoms with Crippen molar-refractivity contribution < 1.29 is 14.6 Å². The molecule has 1 aliphatic heterocycles. The highest BCUT2D eigenvalue weighted by atomic mass is 79.9. The number of hydrogen-bond donors (Lipinski definition) is 1. The molecule has 0 aromatic carbocycles. The van der Waals surface area contributed by atoms with Crippen LogP contribution >= 0.6 is 15.9 Å². The first-order valence-corrected chi connectivity index (χ1v) is 15.8. The lowest BCUT2D eigenvalue weighted by Crippen LogP contribution is -2.59. The van der Waals surface area contributed by atoms with Gasteiger partial charge in [0.1, 0.15) is 12.5 Å². The third-order valence-electron chi connectivity index (χ3n) is 6.25. The molecule has 0 aliphatic carbocycles. The van der Waals surface area contributed by atoms with E-state index in [9.17, 15) is 9.90 Å². The predicted molar refractivity (Wildman–Crippen MR) is 136 cm³/mol. The summed E-state index contributed by atoms with van der Waals surface area (Å²) in [6, 6.07) is 1.05. The normalized spacial score (nSPS) is 17.9. The van der Waals surface area contributed by atoms with Crippen LogP contribution in [0.2, 0.25) is 25.7 Å². The van der Waals surface area contributed by atoms with Gasteiger partial charge in [-0.25, -0.2) is 9.78 Å². The number of rotatable bonds is 6. The maximum absolute atomic E-state index is 11.8. The molecule has 178 valence electrons. The average molecular weight is 526 g/mol. The summed E-state index contributed by atoms with van der Waals surface area (Å²) in [7, 11) is -1.11. The van der Waals surface area contributed by atoms with Gasteiger partial charge in [-0.3, -0.25) is 0 Å². The van der Waals surface area contributed by atoms with E-state index in [1.54, 1.807) is 4.90 Å². The van der Waals surface area contributed by atoms with E-state index in [-0.39, 0.29) is 11.5 Å². The number of carbonyl (C=O) groups is 1. The van der Waals surface area contributed by atoms with E-state index >= 15 is 0 Å². The Kier molecular flexibility index (Phi) is 7.31. The highest BCUT2D eigenvalue weighted by molar-refractivity contribution is 9.10. The average Bonchev–Trinajstić information content (AvgIpc) is 3.00. The molecule has 1 atom stereocenters. The van der Waals surface area contributed by atoms with Crippen LogP contribution in [0.15, 0.2) is 16.9 Å². The van der Waals surface area contributed by atoms with Gasteiger partial charge in [-0.2, -0.15) is 0 Å². The molecule has 3 rings (SSSR count). The first-order chi connectivity index (χ1) is 14.8. The molecule has 7 nitrogen and oxygen atoms in total. The molecule has 1 N–H and O–H groups in total. The monoisotopic (exact) mass is 524 g/mol. The van der Waals surface area contributed by atoms with Crippen LogP contribution in [-0.2, 0) is 11.5 Å². The second-order valence-electron chi connectivity index (χ2n) is 11.1. The quantitative estimate of drug-likeness (QED) is 0.391. The molecule has 0 radical (unpaired) electrons. The molecule has 2 aromatic heterocycles. The van der Waals surface area contributed by atoms with Gasteiger partial charge in [-0.1, -0.05) is 40.4 Å². The van der Waals surface area contributed by atoms with Crippen molar-refractivity contribution in [2.45, 2.75) is 66.2 Å². The van der Waals surface area contributed by atoms with Gasteiger partial charge in [-0.15, -0.1) is 0 Å². The minimum Gasteiger partial charge on any atom is -0.465 e. The molecule has 3 heterocycles. The summed E-state index contributed by atoms with van der Waals surface area (Å²) < 4.78 is 9.10. The molecular weight excluding hydrogens is 488 g/mol. The number of amides is 1. The van der Waals surface area contributed by atoms with Crippen molar-refractivity contribution in [1.82, 2.24) is 14.5 Å². The maximum atomic E-state index is 11.8. The SMILES string of the molecule is Cc1c(N2CCN(C(=O)O)C(C(C)(C)C)C2)ncc2c1c(Br)cn2COCC[Si](C)(C)C. The van der Waals surface area contributed by atoms with Gasteiger partial charge in [0.25, 0.3) is 0 Å². The molecule has 0 bridgehead atoms. The van der Waals surface area contributed by atoms with Crippen LogP contribution < -0.4 is 4.90 Å². The van der Waals surface area contributed by atoms with Crippen LogP contribution in [-0.4, -0.2) is 66.0 Å². The Balaban J connectivity index is 1.84. The number of anilines is 1. The largest absolute Gasteiger partial charge is 0.465 e. The summed E-state index contributed by atoms with van der Waals surface area (Å²) in [4.78, 5) is 20.4. The minimum absolute atomic E-state index is 0.0987. The van der Waals surface area contributed by atoms with Gasteiger partial charge in [0, 0.05) is 55.9 Å². The molecule has 2 aromatic rings. The molecule has 0 spiro atoms. The number of halogens is 1. The molecule has 0 saturated carbocycles. The van der Waals surface area contributed by atoms with Crippen molar-refractivity contribution in [3.63, 3.8) is 0 Å². The third-order valence-corrected chi connectivity index (χ3v) is 8.55. The second kappa shape index (κ2) is 9.35. The van der Waals surface area contributed by atoms with Crippen molar-refractivity contribution in [2.75, 3.05) is 31.1 Å². The van der Waals surface area contributed by atoms with E-state index in [1.165, 1.54) is 0 Å². The molecule has 1 unspecified atom stereocenters. The summed E-state index contributed by atoms with van der Waals surface area (Å²) in [6.45, 7) is 18.5. The lowest BCUT2D eigenvalue weighted by Gasteiger charge is -2.46. The Bertz CT molecular complexity index is 980. The summed E-state index contributed by atoms with van der Waals surface area (Å²) in [5, 5.41) is 10.8. The van der Waals surface area contributed by atoms with Gasteiger partial charge in [0.15, 0.2) is 0 Å². The van der Waals surface area contributed by atoms with Crippen LogP contribution in [0.4, 0.5) is 10.6 Å². The van der Waals surface area contributed by atoms with Crippen molar-refractivity contribution in [3.05, 3.63) is 22.4 Å². The number of nitrogens with zero attached hydrogens (tertiary/aromatic N) is 4. The van der Waals surface area contributed by atoms with Crippen LogP contribution in [0.5, 0.6) is 0 Å². The number of aromatic nitrogens is 2. The molecular formula is C23H37BrN4O3Si. The summed E-state index contributed by atoms with van der Waals surface area (Å²) in [6.07, 6.45) is 3.14. The van der Waals surface area contributed by atoms with E-state index in [0.29, 0.717) is 26.4 Å². The number of pyridine rings is 1. The van der Waals surface area contributed by atoms with Crippen molar-refractivity contribution in [2.24, 2.45) is 5.41 Å². The first-order valence-electron chi connectivity index (χ1n) is 11.3. The van der Waals surface area contributed by atoms with Gasteiger partial charge in [-0.05, 0) is 34.3 Å². The summed E-state index contributed by atoms with van der Waals surface area (Å²) >= 11 is 3.74. The van der Waals surface area contributed by atoms with E-state index in [4.69, 9.17) is 9.72 Å². The fraction of sp³-hybridized carbons (Fsp3) is 0.652. The lowest BCUT2D eigenvalue weighted by atomic mass is 9.84. The zero-order chi connectivity index (χ0) is 23.8. The van der Waals surface area contributed by atoms with Crippen LogP contribution in [0, 0.1) is 12.3 Å². The Morgan fingerprint density at radius 3 is 2.59 bits per heavy atom. The predicted octanol–water partition coefficient (Wildman–Crippen LogP) is 5.63. The number of ether oxygens (including phenoxy) is 1. The van der Waals surface area contributed by atoms with Gasteiger partial charge in [0.05, 0.1) is 17.8 Å². The van der Waals surface area contributed by atoms with Gasteiger partial charge in [0.2, 0.25) is 0 Å².